The van der Waals surface area contributed by atoms with E-state index in [0.717, 1.165) is 10.9 Å². The summed E-state index contributed by atoms with van der Waals surface area (Å²) in [7, 11) is 0. The van der Waals surface area contributed by atoms with Gasteiger partial charge in [0.15, 0.2) is 5.76 Å². The van der Waals surface area contributed by atoms with E-state index >= 15 is 0 Å². The number of phenolic OH excluding ortho intramolecular Hbond substituents is 1. The summed E-state index contributed by atoms with van der Waals surface area (Å²) in [6, 6.07) is 16.0. The van der Waals surface area contributed by atoms with Crippen LogP contribution in [0.25, 0.3) is 17.0 Å². The lowest BCUT2D eigenvalue weighted by atomic mass is 10.1. The van der Waals surface area contributed by atoms with E-state index in [0.29, 0.717) is 17.0 Å². The lowest BCUT2D eigenvalue weighted by molar-refractivity contribution is 0.101. The highest BCUT2D eigenvalue weighted by atomic mass is 16.5. The first-order valence-electron chi connectivity index (χ1n) is 6.84. The topological polar surface area (TPSA) is 59.4 Å². The summed E-state index contributed by atoms with van der Waals surface area (Å²) in [6.45, 7) is 0. The van der Waals surface area contributed by atoms with Crippen LogP contribution in [0.1, 0.15) is 16.1 Å². The first kappa shape index (κ1) is 12.6. The predicted octanol–water partition coefficient (Wildman–Crippen LogP) is 3.56. The molecular formula is C18H11NO3. The zero-order valence-electron chi connectivity index (χ0n) is 11.5. The van der Waals surface area contributed by atoms with Gasteiger partial charge >= 0.3 is 0 Å². The number of allylic oxidation sites excluding steroid dienone is 1. The summed E-state index contributed by atoms with van der Waals surface area (Å²) in [4.78, 5) is 16.8. The molecule has 4 nitrogen and oxygen atoms in total. The third-order valence-electron chi connectivity index (χ3n) is 3.55. The molecule has 0 saturated carbocycles. The Morgan fingerprint density at radius 3 is 2.82 bits per heavy atom. The van der Waals surface area contributed by atoms with Gasteiger partial charge in [-0.15, -0.1) is 0 Å². The number of carbonyl (C=O) groups is 1. The van der Waals surface area contributed by atoms with E-state index in [1.165, 1.54) is 12.1 Å². The highest BCUT2D eigenvalue weighted by Crippen LogP contribution is 2.34. The number of ether oxygens (including phenoxy) is 1. The second-order valence-corrected chi connectivity index (χ2v) is 5.05. The molecule has 0 amide bonds. The maximum absolute atomic E-state index is 12.3. The normalized spacial score (nSPS) is 15.1. The van der Waals surface area contributed by atoms with Crippen molar-refractivity contribution in [1.29, 1.82) is 0 Å². The minimum atomic E-state index is -0.204. The number of rotatable bonds is 1. The van der Waals surface area contributed by atoms with Crippen molar-refractivity contribution in [3.63, 3.8) is 0 Å². The van der Waals surface area contributed by atoms with Crippen LogP contribution in [0, 0.1) is 0 Å². The predicted molar refractivity (Wildman–Crippen MR) is 82.8 cm³/mol. The average Bonchev–Trinajstić information content (AvgIpc) is 2.82. The second-order valence-electron chi connectivity index (χ2n) is 5.05. The van der Waals surface area contributed by atoms with E-state index in [1.54, 1.807) is 12.1 Å². The molecule has 1 aliphatic heterocycles. The fourth-order valence-electron chi connectivity index (χ4n) is 2.47. The monoisotopic (exact) mass is 289 g/mol. The molecule has 1 aromatic heterocycles. The zero-order chi connectivity index (χ0) is 15.1. The van der Waals surface area contributed by atoms with E-state index in [4.69, 9.17) is 4.74 Å². The standard InChI is InChI=1S/C18H11NO3/c20-13-7-8-14-16(10-13)22-17(18(14)21)9-12-6-5-11-3-1-2-4-15(11)19-12/h1-10,20H. The smallest absolute Gasteiger partial charge is 0.232 e. The molecule has 4 heteroatoms. The summed E-state index contributed by atoms with van der Waals surface area (Å²) in [6.07, 6.45) is 1.62. The third-order valence-corrected chi connectivity index (χ3v) is 3.55. The minimum absolute atomic E-state index is 0.0663. The van der Waals surface area contributed by atoms with Crippen molar-refractivity contribution in [3.05, 3.63) is 71.6 Å². The minimum Gasteiger partial charge on any atom is -0.508 e. The van der Waals surface area contributed by atoms with E-state index in [-0.39, 0.29) is 17.3 Å². The molecule has 0 atom stereocenters. The zero-order valence-corrected chi connectivity index (χ0v) is 11.5. The van der Waals surface area contributed by atoms with Crippen LogP contribution < -0.4 is 4.74 Å². The summed E-state index contributed by atoms with van der Waals surface area (Å²) in [5.74, 6) is 0.446. The van der Waals surface area contributed by atoms with Crippen molar-refractivity contribution in [2.45, 2.75) is 0 Å². The molecule has 106 valence electrons. The van der Waals surface area contributed by atoms with Crippen LogP contribution in [-0.2, 0) is 0 Å². The van der Waals surface area contributed by atoms with Crippen LogP contribution in [-0.4, -0.2) is 15.9 Å². The van der Waals surface area contributed by atoms with Gasteiger partial charge < -0.3 is 9.84 Å². The molecule has 0 fully saturated rings. The Labute approximate surface area is 126 Å². The summed E-state index contributed by atoms with van der Waals surface area (Å²) < 4.78 is 5.53. The molecule has 0 unspecified atom stereocenters. The number of pyridine rings is 1. The Bertz CT molecular complexity index is 944. The van der Waals surface area contributed by atoms with Gasteiger partial charge in [-0.1, -0.05) is 24.3 Å². The fraction of sp³-hybridized carbons (Fsp3) is 0. The lowest BCUT2D eigenvalue weighted by Gasteiger charge is -2.00. The van der Waals surface area contributed by atoms with Gasteiger partial charge in [-0.05, 0) is 24.3 Å². The molecule has 1 N–H and O–H groups in total. The Balaban J connectivity index is 1.75. The number of Topliss-reactive ketones (excluding diaryl/α,β-unsaturated/α-hetero) is 1. The average molecular weight is 289 g/mol. The second kappa shape index (κ2) is 4.70. The molecule has 3 aromatic rings. The van der Waals surface area contributed by atoms with Crippen LogP contribution in [0.5, 0.6) is 11.5 Å². The number of aromatic hydroxyl groups is 1. The van der Waals surface area contributed by atoms with Gasteiger partial charge in [-0.25, -0.2) is 4.98 Å². The van der Waals surface area contributed by atoms with Crippen LogP contribution in [0.2, 0.25) is 0 Å². The molecule has 0 bridgehead atoms. The SMILES string of the molecule is O=C1C(=Cc2ccc3ccccc3n2)Oc2cc(O)ccc21. The largest absolute Gasteiger partial charge is 0.508 e. The highest BCUT2D eigenvalue weighted by molar-refractivity contribution is 6.14. The third kappa shape index (κ3) is 2.02. The Morgan fingerprint density at radius 1 is 1.05 bits per heavy atom. The Hall–Kier alpha value is -3.14. The van der Waals surface area contributed by atoms with E-state index in [9.17, 15) is 9.90 Å². The highest BCUT2D eigenvalue weighted by Gasteiger charge is 2.27. The van der Waals surface area contributed by atoms with E-state index in [1.807, 2.05) is 36.4 Å². The molecule has 0 saturated heterocycles. The Morgan fingerprint density at radius 2 is 1.91 bits per heavy atom. The van der Waals surface area contributed by atoms with Crippen molar-refractivity contribution >= 4 is 22.8 Å². The van der Waals surface area contributed by atoms with Gasteiger partial charge in [-0.2, -0.15) is 0 Å². The van der Waals surface area contributed by atoms with Gasteiger partial charge in [0.2, 0.25) is 5.78 Å². The summed E-state index contributed by atoms with van der Waals surface area (Å²) >= 11 is 0. The van der Waals surface area contributed by atoms with Crippen molar-refractivity contribution in [1.82, 2.24) is 4.98 Å². The lowest BCUT2D eigenvalue weighted by Crippen LogP contribution is -1.98. The molecule has 22 heavy (non-hydrogen) atoms. The van der Waals surface area contributed by atoms with Crippen molar-refractivity contribution in [3.8, 4) is 11.5 Å². The fourth-order valence-corrected chi connectivity index (χ4v) is 2.47. The number of fused-ring (bicyclic) bond motifs is 2. The van der Waals surface area contributed by atoms with Gasteiger partial charge in [0, 0.05) is 17.5 Å². The number of carbonyl (C=O) groups excluding carboxylic acids is 1. The van der Waals surface area contributed by atoms with Crippen LogP contribution in [0.15, 0.2) is 60.4 Å². The van der Waals surface area contributed by atoms with Crippen LogP contribution in [0.3, 0.4) is 0 Å². The number of hydrogen-bond acceptors (Lipinski definition) is 4. The number of phenols is 1. The summed E-state index contributed by atoms with van der Waals surface area (Å²) in [5.41, 5.74) is 1.96. The number of nitrogens with zero attached hydrogens (tertiary/aromatic N) is 1. The molecule has 2 heterocycles. The molecule has 4 rings (SSSR count). The van der Waals surface area contributed by atoms with Crippen molar-refractivity contribution < 1.29 is 14.6 Å². The van der Waals surface area contributed by atoms with E-state index in [2.05, 4.69) is 4.98 Å². The molecule has 2 aromatic carbocycles. The maximum Gasteiger partial charge on any atom is 0.232 e. The van der Waals surface area contributed by atoms with Gasteiger partial charge in [0.1, 0.15) is 11.5 Å². The Kier molecular flexibility index (Phi) is 2.69. The quantitative estimate of drug-likeness (QED) is 0.696. The van der Waals surface area contributed by atoms with Crippen LogP contribution in [0.4, 0.5) is 0 Å². The van der Waals surface area contributed by atoms with Gasteiger partial charge in [0.25, 0.3) is 0 Å². The molecule has 1 aliphatic rings. The van der Waals surface area contributed by atoms with Gasteiger partial charge in [0.05, 0.1) is 16.8 Å². The number of para-hydroxylation sites is 1. The summed E-state index contributed by atoms with van der Waals surface area (Å²) in [5, 5.41) is 10.5. The molecule has 0 spiro atoms. The maximum atomic E-state index is 12.3. The first-order valence-corrected chi connectivity index (χ1v) is 6.84. The van der Waals surface area contributed by atoms with Crippen molar-refractivity contribution in [2.24, 2.45) is 0 Å². The first-order chi connectivity index (χ1) is 10.7. The van der Waals surface area contributed by atoms with E-state index < -0.39 is 0 Å². The molecule has 0 aliphatic carbocycles. The van der Waals surface area contributed by atoms with Crippen molar-refractivity contribution in [2.75, 3.05) is 0 Å². The number of ketones is 1. The molecule has 0 radical (unpaired) electrons. The van der Waals surface area contributed by atoms with Crippen LogP contribution >= 0.6 is 0 Å². The van der Waals surface area contributed by atoms with Gasteiger partial charge in [-0.3, -0.25) is 4.79 Å². The molecular weight excluding hydrogens is 278 g/mol. The number of benzene rings is 2. The number of aromatic nitrogens is 1. The number of hydrogen-bond donors (Lipinski definition) is 1.